The van der Waals surface area contributed by atoms with Gasteiger partial charge < -0.3 is 24.4 Å². The Bertz CT molecular complexity index is 1050. The van der Waals surface area contributed by atoms with Gasteiger partial charge in [0.25, 0.3) is 5.91 Å². The predicted octanol–water partition coefficient (Wildman–Crippen LogP) is 3.58. The number of carbonyl (C=O) groups is 3. The molecule has 8 nitrogen and oxygen atoms in total. The van der Waals surface area contributed by atoms with E-state index in [-0.39, 0.29) is 42.3 Å². The van der Waals surface area contributed by atoms with Gasteiger partial charge in [-0.3, -0.25) is 14.4 Å². The average Bonchev–Trinajstić information content (AvgIpc) is 3.47. The lowest BCUT2D eigenvalue weighted by molar-refractivity contribution is -0.155. The van der Waals surface area contributed by atoms with Gasteiger partial charge in [-0.15, -0.1) is 6.58 Å². The number of aliphatic hydroxyl groups excluding tert-OH is 1. The standard InChI is InChI=1S/C27H34BrClN2O6/c1-5-12-30(17-10-8-16(29)9-11-17)25(34)23-27-13-18(28)22(37-27)20(26(35)36-7-3)21(27)24(33)31(23)19(14-32)15(4)6-2/h5,8-11,15,18-23,32H,1,6-7,12-14H2,2-4H3/t15-,18?,19-,20+,21-,22+,23+,27-/m0/s1. The van der Waals surface area contributed by atoms with E-state index in [1.54, 1.807) is 42.2 Å². The first kappa shape index (κ1) is 28.1. The molecule has 1 aromatic carbocycles. The number of nitrogens with zero attached hydrogens (tertiary/aromatic N) is 2. The minimum absolute atomic E-state index is 0.0964. The number of esters is 1. The molecular formula is C27H34BrClN2O6. The Morgan fingerprint density at radius 1 is 1.38 bits per heavy atom. The Hall–Kier alpha value is -1.94. The van der Waals surface area contributed by atoms with Crippen molar-refractivity contribution < 1.29 is 29.0 Å². The second kappa shape index (κ2) is 11.0. The van der Waals surface area contributed by atoms with Gasteiger partial charge >= 0.3 is 5.97 Å². The molecule has 3 aliphatic heterocycles. The third-order valence-electron chi connectivity index (χ3n) is 8.08. The monoisotopic (exact) mass is 596 g/mol. The maximum absolute atomic E-state index is 14.5. The summed E-state index contributed by atoms with van der Waals surface area (Å²) in [4.78, 5) is 44.6. The minimum atomic E-state index is -1.24. The number of fused-ring (bicyclic) bond motifs is 1. The number of amides is 2. The predicted molar refractivity (Wildman–Crippen MR) is 144 cm³/mol. The van der Waals surface area contributed by atoms with E-state index in [4.69, 9.17) is 21.1 Å². The third-order valence-corrected chi connectivity index (χ3v) is 9.18. The molecule has 3 aliphatic rings. The molecule has 10 heteroatoms. The van der Waals surface area contributed by atoms with E-state index in [9.17, 15) is 19.5 Å². The number of hydrogen-bond donors (Lipinski definition) is 1. The molecule has 8 atom stereocenters. The second-order valence-electron chi connectivity index (χ2n) is 10.0. The molecule has 1 N–H and O–H groups in total. The molecule has 0 aliphatic carbocycles. The zero-order valence-corrected chi connectivity index (χ0v) is 23.7. The van der Waals surface area contributed by atoms with Crippen molar-refractivity contribution in [3.8, 4) is 0 Å². The van der Waals surface area contributed by atoms with Gasteiger partial charge in [0.2, 0.25) is 5.91 Å². The van der Waals surface area contributed by atoms with Crippen LogP contribution in [-0.4, -0.2) is 76.2 Å². The van der Waals surface area contributed by atoms with Gasteiger partial charge in [0.15, 0.2) is 0 Å². The van der Waals surface area contributed by atoms with Gasteiger partial charge in [0.1, 0.15) is 11.6 Å². The Morgan fingerprint density at radius 2 is 2.05 bits per heavy atom. The number of halogens is 2. The van der Waals surface area contributed by atoms with Crippen molar-refractivity contribution in [1.82, 2.24) is 4.90 Å². The van der Waals surface area contributed by atoms with Crippen LogP contribution in [0.5, 0.6) is 0 Å². The fraction of sp³-hybridized carbons (Fsp3) is 0.593. The van der Waals surface area contributed by atoms with Crippen LogP contribution in [0.2, 0.25) is 5.02 Å². The van der Waals surface area contributed by atoms with Crippen LogP contribution >= 0.6 is 27.5 Å². The number of anilines is 1. The highest BCUT2D eigenvalue weighted by atomic mass is 79.9. The number of aliphatic hydroxyl groups is 1. The maximum atomic E-state index is 14.5. The molecule has 202 valence electrons. The first-order valence-corrected chi connectivity index (χ1v) is 14.0. The summed E-state index contributed by atoms with van der Waals surface area (Å²) in [6.45, 7) is 9.49. The number of ether oxygens (including phenoxy) is 2. The number of carbonyl (C=O) groups excluding carboxylic acids is 3. The van der Waals surface area contributed by atoms with Gasteiger partial charge in [0.05, 0.1) is 37.2 Å². The zero-order valence-electron chi connectivity index (χ0n) is 21.3. The van der Waals surface area contributed by atoms with Gasteiger partial charge in [0, 0.05) is 22.1 Å². The first-order valence-electron chi connectivity index (χ1n) is 12.8. The van der Waals surface area contributed by atoms with Crippen LogP contribution in [0.15, 0.2) is 36.9 Å². The molecule has 1 spiro atoms. The molecule has 3 heterocycles. The van der Waals surface area contributed by atoms with Crippen molar-refractivity contribution in [2.45, 2.75) is 62.2 Å². The van der Waals surface area contributed by atoms with E-state index in [0.717, 1.165) is 0 Å². The minimum Gasteiger partial charge on any atom is -0.466 e. The normalized spacial score (nSPS) is 31.7. The molecule has 2 amide bonds. The topological polar surface area (TPSA) is 96.4 Å². The lowest BCUT2D eigenvalue weighted by Gasteiger charge is -2.41. The summed E-state index contributed by atoms with van der Waals surface area (Å²) in [6, 6.07) is 5.19. The Morgan fingerprint density at radius 3 is 2.62 bits per heavy atom. The van der Waals surface area contributed by atoms with Crippen LogP contribution in [-0.2, 0) is 23.9 Å². The molecule has 3 saturated heterocycles. The highest BCUT2D eigenvalue weighted by Gasteiger charge is 2.77. The van der Waals surface area contributed by atoms with E-state index in [2.05, 4.69) is 22.5 Å². The van der Waals surface area contributed by atoms with Crippen molar-refractivity contribution >= 4 is 51.0 Å². The zero-order chi connectivity index (χ0) is 27.1. The number of rotatable bonds is 10. The number of alkyl halides is 1. The lowest BCUT2D eigenvalue weighted by atomic mass is 9.70. The van der Waals surface area contributed by atoms with Crippen molar-refractivity contribution in [3.63, 3.8) is 0 Å². The number of hydrogen-bond acceptors (Lipinski definition) is 6. The molecule has 4 rings (SSSR count). The fourth-order valence-corrected chi connectivity index (χ4v) is 7.32. The number of benzene rings is 1. The Kier molecular flexibility index (Phi) is 8.38. The van der Waals surface area contributed by atoms with Crippen molar-refractivity contribution in [2.24, 2.45) is 17.8 Å². The fourth-order valence-electron chi connectivity index (χ4n) is 6.25. The Labute approximate surface area is 231 Å². The quantitative estimate of drug-likeness (QED) is 0.252. The summed E-state index contributed by atoms with van der Waals surface area (Å²) in [5.41, 5.74) is -0.646. The Balaban J connectivity index is 1.86. The van der Waals surface area contributed by atoms with Gasteiger partial charge in [-0.25, -0.2) is 0 Å². The van der Waals surface area contributed by atoms with E-state index in [1.165, 1.54) is 4.90 Å². The summed E-state index contributed by atoms with van der Waals surface area (Å²) in [5, 5.41) is 11.0. The highest BCUT2D eigenvalue weighted by Crippen LogP contribution is 2.61. The molecule has 0 aromatic heterocycles. The van der Waals surface area contributed by atoms with Gasteiger partial charge in [-0.2, -0.15) is 0 Å². The summed E-state index contributed by atoms with van der Waals surface area (Å²) in [7, 11) is 0. The summed E-state index contributed by atoms with van der Waals surface area (Å²) < 4.78 is 11.9. The molecule has 3 fully saturated rings. The van der Waals surface area contributed by atoms with Crippen LogP contribution in [0.4, 0.5) is 5.69 Å². The maximum Gasteiger partial charge on any atom is 0.312 e. The van der Waals surface area contributed by atoms with Gasteiger partial charge in [-0.05, 0) is 43.5 Å². The second-order valence-corrected chi connectivity index (χ2v) is 11.6. The van der Waals surface area contributed by atoms with E-state index < -0.39 is 41.6 Å². The molecule has 2 bridgehead atoms. The summed E-state index contributed by atoms with van der Waals surface area (Å²) in [6.07, 6.45) is 2.08. The van der Waals surface area contributed by atoms with Crippen LogP contribution < -0.4 is 4.90 Å². The average molecular weight is 598 g/mol. The lowest BCUT2D eigenvalue weighted by Crippen LogP contribution is -2.60. The smallest absolute Gasteiger partial charge is 0.312 e. The van der Waals surface area contributed by atoms with Crippen molar-refractivity contribution in [3.05, 3.63) is 41.9 Å². The molecule has 1 aromatic rings. The van der Waals surface area contributed by atoms with Gasteiger partial charge in [-0.1, -0.05) is 53.9 Å². The molecule has 0 radical (unpaired) electrons. The molecule has 1 unspecified atom stereocenters. The first-order chi connectivity index (χ1) is 17.7. The molecular weight excluding hydrogens is 564 g/mol. The van der Waals surface area contributed by atoms with E-state index in [0.29, 0.717) is 23.6 Å². The van der Waals surface area contributed by atoms with E-state index >= 15 is 0 Å². The van der Waals surface area contributed by atoms with E-state index in [1.807, 2.05) is 13.8 Å². The van der Waals surface area contributed by atoms with Crippen LogP contribution in [0.3, 0.4) is 0 Å². The summed E-state index contributed by atoms with van der Waals surface area (Å²) >= 11 is 9.74. The highest BCUT2D eigenvalue weighted by molar-refractivity contribution is 9.09. The van der Waals surface area contributed by atoms with Crippen LogP contribution in [0.25, 0.3) is 0 Å². The van der Waals surface area contributed by atoms with Crippen LogP contribution in [0.1, 0.15) is 33.6 Å². The largest absolute Gasteiger partial charge is 0.466 e. The SMILES string of the molecule is C=CCN(C(=O)[C@H]1N([C@@H](CO)[C@@H](C)CC)C(=O)[C@@H]2[C@@H](C(=O)OCC)[C@@H]3O[C@@]21CC3Br)c1ccc(Cl)cc1. The van der Waals surface area contributed by atoms with Crippen molar-refractivity contribution in [2.75, 3.05) is 24.7 Å². The summed E-state index contributed by atoms with van der Waals surface area (Å²) in [5.74, 6) is -3.04. The molecule has 0 saturated carbocycles. The number of likely N-dealkylation sites (tertiary alicyclic amines) is 1. The van der Waals surface area contributed by atoms with Crippen molar-refractivity contribution in [1.29, 1.82) is 0 Å². The molecule has 37 heavy (non-hydrogen) atoms. The van der Waals surface area contributed by atoms with Crippen LogP contribution in [0, 0.1) is 17.8 Å². The third kappa shape index (κ3) is 4.51.